The highest BCUT2D eigenvalue weighted by atomic mass is 16.3. The molecule has 1 amide bonds. The zero-order chi connectivity index (χ0) is 10.4. The Labute approximate surface area is 85.1 Å². The lowest BCUT2D eigenvalue weighted by Crippen LogP contribution is -2.49. The van der Waals surface area contributed by atoms with E-state index in [1.807, 2.05) is 6.92 Å². The summed E-state index contributed by atoms with van der Waals surface area (Å²) >= 11 is 0. The molecule has 0 spiro atoms. The molecule has 1 rings (SSSR count). The number of hydrogen-bond acceptors (Lipinski definition) is 3. The van der Waals surface area contributed by atoms with Crippen molar-refractivity contribution in [1.29, 1.82) is 0 Å². The molecule has 0 aromatic heterocycles. The molecule has 1 saturated heterocycles. The predicted octanol–water partition coefficient (Wildman–Crippen LogP) is 0.0156. The molecule has 82 valence electrons. The highest BCUT2D eigenvalue weighted by Crippen LogP contribution is 2.07. The van der Waals surface area contributed by atoms with Gasteiger partial charge in [0.15, 0.2) is 0 Å². The molecule has 0 bridgehead atoms. The van der Waals surface area contributed by atoms with Crippen LogP contribution in [0.3, 0.4) is 0 Å². The number of amides is 1. The Morgan fingerprint density at radius 2 is 2.43 bits per heavy atom. The summed E-state index contributed by atoms with van der Waals surface area (Å²) in [5.74, 6) is 0.0747. The van der Waals surface area contributed by atoms with Crippen LogP contribution >= 0.6 is 0 Å². The number of aliphatic hydroxyl groups is 1. The molecule has 0 saturated carbocycles. The first-order chi connectivity index (χ1) is 6.74. The Hall–Kier alpha value is -0.610. The second-order valence-electron chi connectivity index (χ2n) is 3.92. The van der Waals surface area contributed by atoms with Gasteiger partial charge in [-0.1, -0.05) is 6.42 Å². The molecule has 0 radical (unpaired) electrons. The molecule has 0 aromatic rings. The van der Waals surface area contributed by atoms with Crippen molar-refractivity contribution in [1.82, 2.24) is 10.6 Å². The summed E-state index contributed by atoms with van der Waals surface area (Å²) < 4.78 is 0. The van der Waals surface area contributed by atoms with Crippen molar-refractivity contribution in [2.75, 3.05) is 13.2 Å². The standard InChI is InChI=1S/C10H20N2O2/c1-8(5-7-13)12-10(14)9-4-2-3-6-11-9/h8-9,11,13H,2-7H2,1H3,(H,12,14)/t8?,9-/m0/s1. The molecule has 14 heavy (non-hydrogen) atoms. The van der Waals surface area contributed by atoms with Gasteiger partial charge in [0.05, 0.1) is 6.04 Å². The minimum Gasteiger partial charge on any atom is -0.396 e. The van der Waals surface area contributed by atoms with E-state index in [9.17, 15) is 4.79 Å². The molecule has 1 unspecified atom stereocenters. The molecule has 1 aliphatic heterocycles. The van der Waals surface area contributed by atoms with Crippen LogP contribution in [0.2, 0.25) is 0 Å². The highest BCUT2D eigenvalue weighted by molar-refractivity contribution is 5.82. The minimum absolute atomic E-state index is 0.0232. The van der Waals surface area contributed by atoms with E-state index < -0.39 is 0 Å². The lowest BCUT2D eigenvalue weighted by molar-refractivity contribution is -0.124. The number of hydrogen-bond donors (Lipinski definition) is 3. The Balaban J connectivity index is 2.25. The molecule has 0 aromatic carbocycles. The molecule has 1 aliphatic rings. The fourth-order valence-electron chi connectivity index (χ4n) is 1.68. The maximum absolute atomic E-state index is 11.6. The molecule has 3 N–H and O–H groups in total. The van der Waals surface area contributed by atoms with Crippen molar-refractivity contribution in [3.8, 4) is 0 Å². The van der Waals surface area contributed by atoms with Crippen LogP contribution in [-0.4, -0.2) is 36.2 Å². The van der Waals surface area contributed by atoms with Gasteiger partial charge in [-0.3, -0.25) is 4.79 Å². The monoisotopic (exact) mass is 200 g/mol. The van der Waals surface area contributed by atoms with Crippen LogP contribution < -0.4 is 10.6 Å². The molecule has 1 heterocycles. The van der Waals surface area contributed by atoms with E-state index in [0.29, 0.717) is 6.42 Å². The van der Waals surface area contributed by atoms with Crippen molar-refractivity contribution in [2.45, 2.75) is 44.7 Å². The summed E-state index contributed by atoms with van der Waals surface area (Å²) in [7, 11) is 0. The van der Waals surface area contributed by atoms with Gasteiger partial charge in [0.25, 0.3) is 0 Å². The van der Waals surface area contributed by atoms with Gasteiger partial charge in [-0.05, 0) is 32.7 Å². The molecular weight excluding hydrogens is 180 g/mol. The average Bonchev–Trinajstić information content (AvgIpc) is 2.19. The SMILES string of the molecule is CC(CCO)NC(=O)[C@@H]1CCCCN1. The zero-order valence-electron chi connectivity index (χ0n) is 8.75. The van der Waals surface area contributed by atoms with E-state index in [-0.39, 0.29) is 24.6 Å². The van der Waals surface area contributed by atoms with E-state index in [1.165, 1.54) is 0 Å². The van der Waals surface area contributed by atoms with Gasteiger partial charge in [0.1, 0.15) is 0 Å². The normalized spacial score (nSPS) is 24.3. The third-order valence-corrected chi connectivity index (χ3v) is 2.58. The fourth-order valence-corrected chi connectivity index (χ4v) is 1.68. The maximum atomic E-state index is 11.6. The molecule has 0 aliphatic carbocycles. The van der Waals surface area contributed by atoms with Gasteiger partial charge in [-0.25, -0.2) is 0 Å². The van der Waals surface area contributed by atoms with Crippen molar-refractivity contribution in [2.24, 2.45) is 0 Å². The molecule has 4 heteroatoms. The van der Waals surface area contributed by atoms with Gasteiger partial charge in [-0.2, -0.15) is 0 Å². The number of carbonyl (C=O) groups is 1. The minimum atomic E-state index is -0.0232. The van der Waals surface area contributed by atoms with Gasteiger partial charge >= 0.3 is 0 Å². The Morgan fingerprint density at radius 1 is 1.64 bits per heavy atom. The summed E-state index contributed by atoms with van der Waals surface area (Å²) in [6.07, 6.45) is 3.84. The predicted molar refractivity (Wildman–Crippen MR) is 54.9 cm³/mol. The van der Waals surface area contributed by atoms with E-state index in [0.717, 1.165) is 25.8 Å². The molecule has 2 atom stereocenters. The van der Waals surface area contributed by atoms with E-state index in [2.05, 4.69) is 10.6 Å². The van der Waals surface area contributed by atoms with Crippen molar-refractivity contribution in [3.63, 3.8) is 0 Å². The molecule has 4 nitrogen and oxygen atoms in total. The van der Waals surface area contributed by atoms with Gasteiger partial charge in [-0.15, -0.1) is 0 Å². The lowest BCUT2D eigenvalue weighted by Gasteiger charge is -2.24. The van der Waals surface area contributed by atoms with Crippen LogP contribution in [0.4, 0.5) is 0 Å². The largest absolute Gasteiger partial charge is 0.396 e. The van der Waals surface area contributed by atoms with Gasteiger partial charge < -0.3 is 15.7 Å². The van der Waals surface area contributed by atoms with Gasteiger partial charge in [0.2, 0.25) is 5.91 Å². The summed E-state index contributed by atoms with van der Waals surface area (Å²) in [4.78, 5) is 11.6. The van der Waals surface area contributed by atoms with Crippen LogP contribution in [0.25, 0.3) is 0 Å². The first-order valence-electron chi connectivity index (χ1n) is 5.38. The second kappa shape index (κ2) is 5.98. The smallest absolute Gasteiger partial charge is 0.237 e. The maximum Gasteiger partial charge on any atom is 0.237 e. The Bertz CT molecular complexity index is 179. The van der Waals surface area contributed by atoms with E-state index >= 15 is 0 Å². The van der Waals surface area contributed by atoms with E-state index in [4.69, 9.17) is 5.11 Å². The van der Waals surface area contributed by atoms with Crippen molar-refractivity contribution in [3.05, 3.63) is 0 Å². The van der Waals surface area contributed by atoms with Gasteiger partial charge in [0, 0.05) is 12.6 Å². The number of piperidine rings is 1. The lowest BCUT2D eigenvalue weighted by atomic mass is 10.0. The third kappa shape index (κ3) is 3.64. The molecular formula is C10H20N2O2. The average molecular weight is 200 g/mol. The Morgan fingerprint density at radius 3 is 3.00 bits per heavy atom. The summed E-state index contributed by atoms with van der Waals surface area (Å²) in [5.41, 5.74) is 0. The summed E-state index contributed by atoms with van der Waals surface area (Å²) in [5, 5.41) is 14.8. The van der Waals surface area contributed by atoms with Crippen LogP contribution in [0, 0.1) is 0 Å². The number of aliphatic hydroxyl groups excluding tert-OH is 1. The van der Waals surface area contributed by atoms with Crippen LogP contribution in [0.15, 0.2) is 0 Å². The summed E-state index contributed by atoms with van der Waals surface area (Å²) in [6, 6.07) is 0.0427. The fraction of sp³-hybridized carbons (Fsp3) is 0.900. The quantitative estimate of drug-likeness (QED) is 0.599. The number of nitrogens with one attached hydrogen (secondary N) is 2. The Kier molecular flexibility index (Phi) is 4.90. The van der Waals surface area contributed by atoms with Crippen molar-refractivity contribution < 1.29 is 9.90 Å². The van der Waals surface area contributed by atoms with Crippen LogP contribution in [-0.2, 0) is 4.79 Å². The van der Waals surface area contributed by atoms with Crippen LogP contribution in [0.5, 0.6) is 0 Å². The van der Waals surface area contributed by atoms with Crippen molar-refractivity contribution >= 4 is 5.91 Å². The summed E-state index contributed by atoms with van der Waals surface area (Å²) in [6.45, 7) is 2.98. The second-order valence-corrected chi connectivity index (χ2v) is 3.92. The topological polar surface area (TPSA) is 61.4 Å². The third-order valence-electron chi connectivity index (χ3n) is 2.58. The molecule has 1 fully saturated rings. The highest BCUT2D eigenvalue weighted by Gasteiger charge is 2.21. The number of rotatable bonds is 4. The first kappa shape index (κ1) is 11.5. The first-order valence-corrected chi connectivity index (χ1v) is 5.38. The van der Waals surface area contributed by atoms with Crippen LogP contribution in [0.1, 0.15) is 32.6 Å². The zero-order valence-corrected chi connectivity index (χ0v) is 8.75. The number of carbonyl (C=O) groups excluding carboxylic acids is 1. The van der Waals surface area contributed by atoms with E-state index in [1.54, 1.807) is 0 Å².